The molecule has 2 aromatic rings. The summed E-state index contributed by atoms with van der Waals surface area (Å²) in [5.74, 6) is -5.90. The number of hydrogen-bond acceptors (Lipinski definition) is 10. The Balaban J connectivity index is 1.51. The molecule has 6 rings (SSSR count). The number of ketones is 2. The number of likely N-dealkylation sites (N-methyl/N-ethyl adjacent to an activating group) is 1. The van der Waals surface area contributed by atoms with Crippen molar-refractivity contribution in [1.29, 1.82) is 0 Å². The minimum Gasteiger partial charge on any atom is -0.510 e. The molecule has 4 aliphatic carbocycles. The monoisotopic (exact) mass is 607 g/mol. The highest BCUT2D eigenvalue weighted by molar-refractivity contribution is 7.08. The van der Waals surface area contributed by atoms with Crippen molar-refractivity contribution in [2.75, 3.05) is 19.4 Å². The molecule has 4 atom stereocenters. The number of rotatable bonds is 5. The molecule has 4 unspecified atom stereocenters. The van der Waals surface area contributed by atoms with Crippen LogP contribution in [0.1, 0.15) is 54.9 Å². The van der Waals surface area contributed by atoms with Crippen LogP contribution in [0.4, 0.5) is 5.69 Å². The first-order valence-corrected chi connectivity index (χ1v) is 15.6. The lowest BCUT2D eigenvalue weighted by molar-refractivity contribution is -0.148. The Bertz CT molecular complexity index is 1590. The van der Waals surface area contributed by atoms with Gasteiger partial charge in [0.1, 0.15) is 22.8 Å². The summed E-state index contributed by atoms with van der Waals surface area (Å²) in [4.78, 5) is 41.7. The van der Waals surface area contributed by atoms with Crippen molar-refractivity contribution in [3.05, 3.63) is 56.7 Å². The van der Waals surface area contributed by atoms with E-state index in [-0.39, 0.29) is 35.8 Å². The molecule has 1 aromatic heterocycles. The van der Waals surface area contributed by atoms with Gasteiger partial charge in [-0.3, -0.25) is 19.3 Å². The minimum atomic E-state index is -2.66. The average molecular weight is 608 g/mol. The van der Waals surface area contributed by atoms with Gasteiger partial charge in [-0.2, -0.15) is 11.3 Å². The predicted molar refractivity (Wildman–Crippen MR) is 162 cm³/mol. The number of thiophene rings is 1. The summed E-state index contributed by atoms with van der Waals surface area (Å²) in [6, 6.07) is 2.93. The van der Waals surface area contributed by atoms with E-state index < -0.39 is 58.0 Å². The van der Waals surface area contributed by atoms with Gasteiger partial charge in [0.15, 0.2) is 11.4 Å². The van der Waals surface area contributed by atoms with E-state index in [1.165, 1.54) is 11.3 Å². The van der Waals surface area contributed by atoms with Crippen LogP contribution in [-0.4, -0.2) is 74.6 Å². The summed E-state index contributed by atoms with van der Waals surface area (Å²) in [5.41, 5.74) is 4.55. The second-order valence-corrected chi connectivity index (χ2v) is 13.5. The number of allylic oxidation sites excluding steroid dienone is 1. The summed E-state index contributed by atoms with van der Waals surface area (Å²) in [6.07, 6.45) is 4.27. The van der Waals surface area contributed by atoms with Gasteiger partial charge in [0.05, 0.1) is 17.3 Å². The number of nitrogens with zero attached hydrogens (tertiary/aromatic N) is 1. The Hall–Kier alpha value is -3.67. The van der Waals surface area contributed by atoms with Crippen molar-refractivity contribution in [3.8, 4) is 16.9 Å². The zero-order chi connectivity index (χ0) is 31.0. The van der Waals surface area contributed by atoms with Gasteiger partial charge < -0.3 is 31.5 Å². The fraction of sp³-hybridized carbons (Fsp3) is 0.469. The van der Waals surface area contributed by atoms with Gasteiger partial charge in [-0.25, -0.2) is 0 Å². The molecule has 10 nitrogen and oxygen atoms in total. The summed E-state index contributed by atoms with van der Waals surface area (Å²) in [7, 11) is 3.23. The zero-order valence-corrected chi connectivity index (χ0v) is 25.2. The first-order valence-electron chi connectivity index (χ1n) is 14.7. The van der Waals surface area contributed by atoms with Crippen LogP contribution in [0.15, 0.2) is 45.6 Å². The number of amides is 1. The molecular weight excluding hydrogens is 570 g/mol. The zero-order valence-electron chi connectivity index (χ0n) is 24.4. The number of hydrogen-bond donors (Lipinski definition) is 6. The SMILES string of the molecule is CC1CCC(Nc2cc(-c3ccsc3)c3c(c2O)C(=O)C2=C(O)C4(O)C(=O)C(C(N)=O)=C(O)C(N(C)C)C4CC2C3)CC1. The van der Waals surface area contributed by atoms with Crippen molar-refractivity contribution in [3.63, 3.8) is 0 Å². The number of nitrogens with one attached hydrogen (secondary N) is 1. The molecule has 0 aliphatic heterocycles. The molecule has 1 fully saturated rings. The number of phenolic OH excluding ortho intramolecular Hbond substituents is 1. The first kappa shape index (κ1) is 29.4. The van der Waals surface area contributed by atoms with Crippen molar-refractivity contribution >= 4 is 34.5 Å². The number of benzene rings is 1. The molecule has 7 N–H and O–H groups in total. The van der Waals surface area contributed by atoms with E-state index in [1.807, 2.05) is 22.9 Å². The van der Waals surface area contributed by atoms with E-state index in [2.05, 4.69) is 12.2 Å². The lowest BCUT2D eigenvalue weighted by atomic mass is 9.58. The van der Waals surface area contributed by atoms with E-state index in [0.29, 0.717) is 17.2 Å². The van der Waals surface area contributed by atoms with Gasteiger partial charge in [-0.05, 0) is 104 Å². The topological polar surface area (TPSA) is 173 Å². The Kier molecular flexibility index (Phi) is 7.18. The number of aromatic hydroxyl groups is 1. The Morgan fingerprint density at radius 2 is 1.84 bits per heavy atom. The lowest BCUT2D eigenvalue weighted by Crippen LogP contribution is -2.63. The van der Waals surface area contributed by atoms with Gasteiger partial charge in [0.25, 0.3) is 5.91 Å². The molecule has 1 saturated carbocycles. The fourth-order valence-electron chi connectivity index (χ4n) is 7.73. The number of Topliss-reactive ketones (excluding diaryl/α,β-unsaturated/α-hetero) is 2. The Morgan fingerprint density at radius 3 is 2.44 bits per heavy atom. The lowest BCUT2D eigenvalue weighted by Gasteiger charge is -2.50. The number of primary amides is 1. The van der Waals surface area contributed by atoms with Crippen LogP contribution < -0.4 is 11.1 Å². The number of aliphatic hydroxyl groups is 3. The van der Waals surface area contributed by atoms with Crippen LogP contribution in [0.25, 0.3) is 11.1 Å². The van der Waals surface area contributed by atoms with Crippen molar-refractivity contribution in [1.82, 2.24) is 4.90 Å². The van der Waals surface area contributed by atoms with Gasteiger partial charge in [-0.1, -0.05) is 6.92 Å². The smallest absolute Gasteiger partial charge is 0.255 e. The van der Waals surface area contributed by atoms with Gasteiger partial charge in [0.2, 0.25) is 5.78 Å². The summed E-state index contributed by atoms with van der Waals surface area (Å²) in [6.45, 7) is 2.22. The third kappa shape index (κ3) is 4.39. The standard InChI is InChI=1S/C32H37N3O7S/c1-14-4-6-17(7-5-14)34-21-12-18(15-8-9-43-13-15)19-10-16-11-20-25(35(2)3)28(38)24(31(33)41)30(40)32(20,42)29(39)22(16)27(37)23(19)26(21)36/h8-9,12-14,16-17,20,25,34,36,38-39,42H,4-7,10-11H2,1-3H3,(H2,33,41). The average Bonchev–Trinajstić information content (AvgIpc) is 3.48. The quantitative estimate of drug-likeness (QED) is 0.218. The van der Waals surface area contributed by atoms with Crippen LogP contribution in [0.2, 0.25) is 0 Å². The molecule has 11 heteroatoms. The summed E-state index contributed by atoms with van der Waals surface area (Å²) < 4.78 is 0. The molecule has 0 bridgehead atoms. The third-order valence-electron chi connectivity index (χ3n) is 9.93. The summed E-state index contributed by atoms with van der Waals surface area (Å²) in [5, 5.41) is 53.4. The highest BCUT2D eigenvalue weighted by Gasteiger charge is 2.63. The van der Waals surface area contributed by atoms with E-state index in [4.69, 9.17) is 5.73 Å². The van der Waals surface area contributed by atoms with E-state index in [1.54, 1.807) is 19.0 Å². The number of carbonyl (C=O) groups excluding carboxylic acids is 3. The minimum absolute atomic E-state index is 0.0242. The maximum absolute atomic E-state index is 14.3. The molecule has 1 heterocycles. The van der Waals surface area contributed by atoms with Gasteiger partial charge in [0, 0.05) is 17.5 Å². The summed E-state index contributed by atoms with van der Waals surface area (Å²) >= 11 is 1.51. The second kappa shape index (κ2) is 10.5. The Morgan fingerprint density at radius 1 is 1.14 bits per heavy atom. The predicted octanol–water partition coefficient (Wildman–Crippen LogP) is 3.84. The molecule has 43 heavy (non-hydrogen) atoms. The van der Waals surface area contributed by atoms with Crippen LogP contribution in [0.3, 0.4) is 0 Å². The van der Waals surface area contributed by atoms with Crippen LogP contribution >= 0.6 is 11.3 Å². The number of aliphatic hydroxyl groups excluding tert-OH is 2. The normalized spacial score (nSPS) is 30.7. The number of anilines is 1. The molecule has 0 saturated heterocycles. The number of fused-ring (bicyclic) bond motifs is 3. The first-order chi connectivity index (χ1) is 20.4. The maximum atomic E-state index is 14.3. The van der Waals surface area contributed by atoms with Gasteiger partial charge >= 0.3 is 0 Å². The van der Waals surface area contributed by atoms with Crippen molar-refractivity contribution in [2.24, 2.45) is 23.5 Å². The van der Waals surface area contributed by atoms with Crippen LogP contribution in [-0.2, 0) is 16.0 Å². The van der Waals surface area contributed by atoms with Crippen LogP contribution in [0, 0.1) is 17.8 Å². The van der Waals surface area contributed by atoms with Crippen LogP contribution in [0.5, 0.6) is 5.75 Å². The fourth-order valence-corrected chi connectivity index (χ4v) is 8.38. The molecule has 1 amide bonds. The van der Waals surface area contributed by atoms with Crippen molar-refractivity contribution < 1.29 is 34.8 Å². The van der Waals surface area contributed by atoms with E-state index in [0.717, 1.165) is 36.8 Å². The molecule has 4 aliphatic rings. The van der Waals surface area contributed by atoms with Crippen molar-refractivity contribution in [2.45, 2.75) is 63.1 Å². The third-order valence-corrected chi connectivity index (χ3v) is 10.6. The second-order valence-electron chi connectivity index (χ2n) is 12.8. The molecule has 228 valence electrons. The number of carbonyl (C=O) groups is 3. The Labute approximate surface area is 253 Å². The van der Waals surface area contributed by atoms with Gasteiger partial charge in [-0.15, -0.1) is 0 Å². The highest BCUT2D eigenvalue weighted by Crippen LogP contribution is 2.54. The number of nitrogens with two attached hydrogens (primary N) is 1. The largest absolute Gasteiger partial charge is 0.510 e. The molecular formula is C32H37N3O7S. The maximum Gasteiger partial charge on any atom is 0.255 e. The van der Waals surface area contributed by atoms with E-state index >= 15 is 0 Å². The number of phenols is 1. The van der Waals surface area contributed by atoms with E-state index in [9.17, 15) is 34.8 Å². The molecule has 0 radical (unpaired) electrons. The highest BCUT2D eigenvalue weighted by atomic mass is 32.1. The molecule has 1 aromatic carbocycles. The molecule has 0 spiro atoms.